The van der Waals surface area contributed by atoms with Crippen molar-refractivity contribution in [2.75, 3.05) is 32.0 Å². The highest BCUT2D eigenvalue weighted by Gasteiger charge is 2.26. The van der Waals surface area contributed by atoms with Gasteiger partial charge in [0.05, 0.1) is 24.9 Å². The van der Waals surface area contributed by atoms with Gasteiger partial charge in [-0.25, -0.2) is 9.78 Å². The molecular weight excluding hydrogens is 392 g/mol. The number of hydrogen-bond donors (Lipinski definition) is 1. The van der Waals surface area contributed by atoms with Crippen molar-refractivity contribution in [3.63, 3.8) is 0 Å². The van der Waals surface area contributed by atoms with Crippen molar-refractivity contribution in [3.8, 4) is 11.1 Å². The van der Waals surface area contributed by atoms with E-state index in [2.05, 4.69) is 33.5 Å². The van der Waals surface area contributed by atoms with Gasteiger partial charge in [-0.2, -0.15) is 0 Å². The van der Waals surface area contributed by atoms with Crippen LogP contribution in [0.1, 0.15) is 48.4 Å². The van der Waals surface area contributed by atoms with E-state index in [1.165, 1.54) is 0 Å². The van der Waals surface area contributed by atoms with Gasteiger partial charge >= 0.3 is 5.97 Å². The van der Waals surface area contributed by atoms with Gasteiger partial charge in [-0.1, -0.05) is 0 Å². The van der Waals surface area contributed by atoms with E-state index in [1.54, 1.807) is 12.3 Å². The van der Waals surface area contributed by atoms with Crippen molar-refractivity contribution in [2.24, 2.45) is 0 Å². The molecule has 3 aromatic heterocycles. The Bertz CT molecular complexity index is 1080. The zero-order valence-electron chi connectivity index (χ0n) is 18.6. The summed E-state index contributed by atoms with van der Waals surface area (Å²) in [6, 6.07) is 7.87. The summed E-state index contributed by atoms with van der Waals surface area (Å²) in [7, 11) is 0. The van der Waals surface area contributed by atoms with Gasteiger partial charge in [-0.3, -0.25) is 4.90 Å². The lowest BCUT2D eigenvalue weighted by atomic mass is 10.0. The lowest BCUT2D eigenvalue weighted by Gasteiger charge is -2.34. The number of pyridine rings is 2. The second-order valence-corrected chi connectivity index (χ2v) is 8.34. The molecule has 7 nitrogen and oxygen atoms in total. The molecule has 0 spiro atoms. The molecule has 1 atom stereocenters. The molecule has 3 aromatic rings. The first-order valence-electron chi connectivity index (χ1n) is 10.8. The second-order valence-electron chi connectivity index (χ2n) is 8.34. The first-order valence-corrected chi connectivity index (χ1v) is 10.8. The molecule has 2 N–H and O–H groups in total. The fraction of sp³-hybridized carbons (Fsp3) is 0.417. The van der Waals surface area contributed by atoms with Gasteiger partial charge < -0.3 is 19.6 Å². The van der Waals surface area contributed by atoms with E-state index in [0.29, 0.717) is 11.4 Å². The van der Waals surface area contributed by atoms with E-state index in [9.17, 15) is 4.79 Å². The van der Waals surface area contributed by atoms with E-state index in [4.69, 9.17) is 15.2 Å². The van der Waals surface area contributed by atoms with Crippen LogP contribution in [0.4, 0.5) is 5.82 Å². The second kappa shape index (κ2) is 8.69. The predicted molar refractivity (Wildman–Crippen MR) is 121 cm³/mol. The maximum absolute atomic E-state index is 12.9. The number of morpholine rings is 1. The van der Waals surface area contributed by atoms with E-state index >= 15 is 0 Å². The number of carbonyl (C=O) groups is 1. The summed E-state index contributed by atoms with van der Waals surface area (Å²) in [5.74, 6) is 0.200. The number of carbonyl (C=O) groups excluding carboxylic acids is 1. The SMILES string of the molecule is Cc1c(C(=O)OC(C)C)cc2cc(-c3ccc(N)nc3)cn2c1C(C)N1CCOCC1. The normalized spacial score (nSPS) is 16.0. The average Bonchev–Trinajstić information content (AvgIpc) is 3.17. The summed E-state index contributed by atoms with van der Waals surface area (Å²) >= 11 is 0. The van der Waals surface area contributed by atoms with Crippen LogP contribution in [0.15, 0.2) is 36.7 Å². The summed E-state index contributed by atoms with van der Waals surface area (Å²) in [5.41, 5.74) is 11.3. The first kappa shape index (κ1) is 21.3. The number of rotatable bonds is 5. The summed E-state index contributed by atoms with van der Waals surface area (Å²) in [5, 5.41) is 0. The fourth-order valence-corrected chi connectivity index (χ4v) is 4.25. The molecule has 0 radical (unpaired) electrons. The molecule has 1 fully saturated rings. The molecule has 1 aliphatic heterocycles. The summed E-state index contributed by atoms with van der Waals surface area (Å²) in [4.78, 5) is 19.5. The van der Waals surface area contributed by atoms with Crippen molar-refractivity contribution in [2.45, 2.75) is 39.8 Å². The topological polar surface area (TPSA) is 82.1 Å². The standard InChI is InChI=1S/C24H30N4O3/c1-15(2)31-24(29)21-12-20-11-19(18-5-6-22(25)26-13-18)14-28(20)23(16(21)3)17(4)27-7-9-30-10-8-27/h5-6,11-15,17H,7-10H2,1-4H3,(H2,25,26). The summed E-state index contributed by atoms with van der Waals surface area (Å²) in [6.45, 7) is 11.1. The largest absolute Gasteiger partial charge is 0.459 e. The number of anilines is 1. The fourth-order valence-electron chi connectivity index (χ4n) is 4.25. The van der Waals surface area contributed by atoms with Crippen molar-refractivity contribution in [1.29, 1.82) is 0 Å². The van der Waals surface area contributed by atoms with Gasteiger partial charge in [0, 0.05) is 53.9 Å². The third-order valence-electron chi connectivity index (χ3n) is 5.86. The molecule has 31 heavy (non-hydrogen) atoms. The van der Waals surface area contributed by atoms with Crippen LogP contribution < -0.4 is 5.73 Å². The van der Waals surface area contributed by atoms with Crippen LogP contribution in [0.2, 0.25) is 0 Å². The Morgan fingerprint density at radius 2 is 1.90 bits per heavy atom. The molecule has 4 rings (SSSR count). The monoisotopic (exact) mass is 422 g/mol. The Morgan fingerprint density at radius 3 is 2.55 bits per heavy atom. The number of nitrogens with two attached hydrogens (primary N) is 1. The number of aromatic nitrogens is 2. The highest BCUT2D eigenvalue weighted by atomic mass is 16.5. The van der Waals surface area contributed by atoms with Gasteiger partial charge in [0.1, 0.15) is 5.82 Å². The van der Waals surface area contributed by atoms with Gasteiger partial charge in [0.25, 0.3) is 0 Å². The molecule has 0 saturated carbocycles. The van der Waals surface area contributed by atoms with E-state index in [1.807, 2.05) is 32.9 Å². The molecule has 7 heteroatoms. The maximum atomic E-state index is 12.9. The lowest BCUT2D eigenvalue weighted by molar-refractivity contribution is 0.0186. The molecule has 0 amide bonds. The lowest BCUT2D eigenvalue weighted by Crippen LogP contribution is -2.39. The first-order chi connectivity index (χ1) is 14.8. The third-order valence-corrected chi connectivity index (χ3v) is 5.86. The molecule has 1 aliphatic rings. The number of nitrogen functional groups attached to an aromatic ring is 1. The summed E-state index contributed by atoms with van der Waals surface area (Å²) in [6.07, 6.45) is 3.71. The van der Waals surface area contributed by atoms with Crippen LogP contribution in [-0.2, 0) is 9.47 Å². The van der Waals surface area contributed by atoms with Gasteiger partial charge in [0.2, 0.25) is 0 Å². The predicted octanol–water partition coefficient (Wildman–Crippen LogP) is 3.85. The van der Waals surface area contributed by atoms with Crippen molar-refractivity contribution in [1.82, 2.24) is 14.3 Å². The average molecular weight is 423 g/mol. The van der Waals surface area contributed by atoms with Gasteiger partial charge in [0.15, 0.2) is 0 Å². The van der Waals surface area contributed by atoms with Crippen molar-refractivity contribution >= 4 is 17.3 Å². The smallest absolute Gasteiger partial charge is 0.338 e. The van der Waals surface area contributed by atoms with Crippen LogP contribution in [0.25, 0.3) is 16.6 Å². The summed E-state index contributed by atoms with van der Waals surface area (Å²) < 4.78 is 13.3. The molecule has 0 aromatic carbocycles. The molecular formula is C24H30N4O3. The van der Waals surface area contributed by atoms with Crippen LogP contribution in [0, 0.1) is 6.92 Å². The van der Waals surface area contributed by atoms with Crippen molar-refractivity contribution < 1.29 is 14.3 Å². The Hall–Kier alpha value is -2.90. The minimum absolute atomic E-state index is 0.114. The number of nitrogens with zero attached hydrogens (tertiary/aromatic N) is 3. The van der Waals surface area contributed by atoms with Gasteiger partial charge in [-0.15, -0.1) is 0 Å². The number of esters is 1. The Morgan fingerprint density at radius 1 is 1.16 bits per heavy atom. The van der Waals surface area contributed by atoms with Crippen LogP contribution in [-0.4, -0.2) is 52.7 Å². The number of fused-ring (bicyclic) bond motifs is 1. The van der Waals surface area contributed by atoms with Crippen LogP contribution >= 0.6 is 0 Å². The van der Waals surface area contributed by atoms with Crippen LogP contribution in [0.3, 0.4) is 0 Å². The number of hydrogen-bond acceptors (Lipinski definition) is 6. The Balaban J connectivity index is 1.87. The Labute approximate surface area is 182 Å². The van der Waals surface area contributed by atoms with Gasteiger partial charge in [-0.05, 0) is 57.5 Å². The zero-order valence-corrected chi connectivity index (χ0v) is 18.6. The van der Waals surface area contributed by atoms with Crippen LogP contribution in [0.5, 0.6) is 0 Å². The molecule has 1 saturated heterocycles. The maximum Gasteiger partial charge on any atom is 0.338 e. The third kappa shape index (κ3) is 4.29. The van der Waals surface area contributed by atoms with Crippen molar-refractivity contribution in [3.05, 3.63) is 53.5 Å². The highest BCUT2D eigenvalue weighted by Crippen LogP contribution is 2.32. The number of ether oxygens (including phenoxy) is 2. The Kier molecular flexibility index (Phi) is 5.98. The van der Waals surface area contributed by atoms with E-state index < -0.39 is 0 Å². The molecule has 1 unspecified atom stereocenters. The quantitative estimate of drug-likeness (QED) is 0.629. The van der Waals surface area contributed by atoms with E-state index in [-0.39, 0.29) is 18.1 Å². The highest BCUT2D eigenvalue weighted by molar-refractivity contribution is 5.93. The molecule has 0 bridgehead atoms. The van der Waals surface area contributed by atoms with E-state index in [0.717, 1.165) is 54.2 Å². The molecule has 0 aliphatic carbocycles. The molecule has 4 heterocycles. The zero-order chi connectivity index (χ0) is 22.1. The minimum atomic E-state index is -0.290. The minimum Gasteiger partial charge on any atom is -0.459 e. The molecule has 164 valence electrons.